The number of carbonyl (C=O) groups excluding carboxylic acids is 3. The van der Waals surface area contributed by atoms with Gasteiger partial charge in [0.15, 0.2) is 5.82 Å². The summed E-state index contributed by atoms with van der Waals surface area (Å²) in [6.07, 6.45) is 5.21. The molecule has 2 bridgehead atoms. The van der Waals surface area contributed by atoms with Crippen LogP contribution >= 0.6 is 0 Å². The van der Waals surface area contributed by atoms with Crippen LogP contribution < -0.4 is 52.0 Å². The van der Waals surface area contributed by atoms with Gasteiger partial charge in [-0.05, 0) is 93.5 Å². The smallest absolute Gasteiger partial charge is 0.319 e. The van der Waals surface area contributed by atoms with E-state index < -0.39 is 41.1 Å². The maximum Gasteiger partial charge on any atom is 0.319 e. The number of nitrogens with one attached hydrogen (secondary N) is 4. The van der Waals surface area contributed by atoms with Crippen molar-refractivity contribution in [1.29, 1.82) is 0 Å². The molecule has 4 amide bonds. The molecular formula is C47H59FN12O7. The monoisotopic (exact) mass is 922 g/mol. The molecule has 3 aliphatic heterocycles. The summed E-state index contributed by atoms with van der Waals surface area (Å²) in [6.45, 7) is 8.25. The molecule has 1 saturated carbocycles. The zero-order valence-corrected chi connectivity index (χ0v) is 37.6. The number of fused-ring (bicyclic) bond motifs is 2. The number of aromatic nitrogens is 3. The first-order valence-electron chi connectivity index (χ1n) is 23.0. The van der Waals surface area contributed by atoms with Crippen molar-refractivity contribution in [2.45, 2.75) is 82.6 Å². The van der Waals surface area contributed by atoms with Crippen LogP contribution in [0.1, 0.15) is 57.4 Å². The number of hydrogen-bond donors (Lipinski definition) is 7. The minimum absolute atomic E-state index is 0.0907. The Balaban J connectivity index is 0.893. The molecule has 2 aromatic carbocycles. The summed E-state index contributed by atoms with van der Waals surface area (Å²) >= 11 is 0. The van der Waals surface area contributed by atoms with Gasteiger partial charge in [0.2, 0.25) is 17.7 Å². The van der Waals surface area contributed by atoms with Crippen molar-refractivity contribution in [2.75, 3.05) is 73.3 Å². The number of carboxylic acid groups (broad SMARTS) is 1. The van der Waals surface area contributed by atoms with Gasteiger partial charge in [-0.1, -0.05) is 18.6 Å². The Morgan fingerprint density at radius 3 is 2.49 bits per heavy atom. The fourth-order valence-corrected chi connectivity index (χ4v) is 9.47. The van der Waals surface area contributed by atoms with Crippen molar-refractivity contribution < 1.29 is 38.1 Å². The van der Waals surface area contributed by atoms with Crippen molar-refractivity contribution in [3.8, 4) is 22.9 Å². The lowest BCUT2D eigenvalue weighted by Crippen LogP contribution is -2.55. The molecular weight excluding hydrogens is 864 g/mol. The minimum Gasteiger partial charge on any atom is -0.488 e. The summed E-state index contributed by atoms with van der Waals surface area (Å²) in [7, 11) is 0. The number of hydrogen-bond acceptors (Lipinski definition) is 14. The number of nitrogens with zero attached hydrogens (tertiary/aromatic N) is 6. The number of nitrogens with two attached hydrogens (primary N) is 2. The number of amides is 4. The number of benzene rings is 2. The number of ether oxygens (including phenoxy) is 2. The summed E-state index contributed by atoms with van der Waals surface area (Å²) in [5.74, 6) is -1.71. The van der Waals surface area contributed by atoms with Gasteiger partial charge >= 0.3 is 12.0 Å². The molecule has 9 N–H and O–H groups in total. The van der Waals surface area contributed by atoms with E-state index >= 15 is 0 Å². The van der Waals surface area contributed by atoms with Crippen LogP contribution in [0.15, 0.2) is 66.9 Å². The summed E-state index contributed by atoms with van der Waals surface area (Å²) in [5.41, 5.74) is 13.8. The predicted molar refractivity (Wildman–Crippen MR) is 249 cm³/mol. The highest BCUT2D eigenvalue weighted by Gasteiger charge is 2.52. The van der Waals surface area contributed by atoms with E-state index in [9.17, 15) is 28.7 Å². The third-order valence-corrected chi connectivity index (χ3v) is 13.4. The Bertz CT molecular complexity index is 2410. The number of anilines is 4. The van der Waals surface area contributed by atoms with E-state index in [1.807, 2.05) is 24.4 Å². The molecule has 20 heteroatoms. The molecule has 4 atom stereocenters. The fourth-order valence-electron chi connectivity index (χ4n) is 9.47. The van der Waals surface area contributed by atoms with Gasteiger partial charge in [0, 0.05) is 93.1 Å². The van der Waals surface area contributed by atoms with E-state index in [0.717, 1.165) is 50.3 Å². The number of rotatable bonds is 19. The standard InChI is InChI=1S/C47H59FN12O7/c1-29-25-51-18-19-58(29)20-21-66-41-23-33(13-17-52-41)60-34-10-11-35(60)27-59(26-34)39-24-38(56-57-42(39)49)36-22-31(48)7-12-40(36)67-28-30-5-8-32(9-6-30)54-43(61)37(4-2-16-53-46(50)65)55-44(62)47(45(63)64)14-3-15-47/h5-9,12-13,17,22-24,29,34-35,37,51H,2-4,10-11,14-16,18-21,25-28H2,1H3,(H2,49,57)(H,54,61)(H,55,62)(H,63,64)(H3,50,53,65)/t29-,34?,35?,37+/m1/s1. The summed E-state index contributed by atoms with van der Waals surface area (Å²) in [4.78, 5) is 61.3. The van der Waals surface area contributed by atoms with Crippen LogP contribution in [-0.2, 0) is 21.0 Å². The minimum atomic E-state index is -1.57. The second-order valence-corrected chi connectivity index (χ2v) is 17.8. The van der Waals surface area contributed by atoms with Gasteiger partial charge in [0.05, 0.1) is 11.4 Å². The van der Waals surface area contributed by atoms with Gasteiger partial charge in [0.1, 0.15) is 36.2 Å². The van der Waals surface area contributed by atoms with Crippen LogP contribution in [0.5, 0.6) is 11.6 Å². The highest BCUT2D eigenvalue weighted by molar-refractivity contribution is 6.05. The molecule has 8 rings (SSSR count). The zero-order valence-electron chi connectivity index (χ0n) is 37.6. The van der Waals surface area contributed by atoms with Crippen LogP contribution in [0.25, 0.3) is 11.3 Å². The first kappa shape index (κ1) is 46.7. The Hall–Kier alpha value is -6.80. The Morgan fingerprint density at radius 2 is 1.79 bits per heavy atom. The van der Waals surface area contributed by atoms with E-state index in [2.05, 4.69) is 58.1 Å². The molecule has 4 aromatic rings. The number of nitrogen functional groups attached to an aromatic ring is 1. The predicted octanol–water partition coefficient (Wildman–Crippen LogP) is 3.50. The van der Waals surface area contributed by atoms with Crippen molar-refractivity contribution in [2.24, 2.45) is 11.1 Å². The average Bonchev–Trinajstić information content (AvgIpc) is 3.56. The quantitative estimate of drug-likeness (QED) is 0.0525. The lowest BCUT2D eigenvalue weighted by atomic mass is 9.68. The number of piperazine rings is 2. The first-order valence-corrected chi connectivity index (χ1v) is 23.0. The topological polar surface area (TPSA) is 256 Å². The number of aliphatic carboxylic acids is 1. The third-order valence-electron chi connectivity index (χ3n) is 13.4. The second-order valence-electron chi connectivity index (χ2n) is 17.8. The van der Waals surface area contributed by atoms with E-state index in [-0.39, 0.29) is 50.3 Å². The summed E-state index contributed by atoms with van der Waals surface area (Å²) < 4.78 is 27.3. The maximum absolute atomic E-state index is 14.9. The molecule has 3 saturated heterocycles. The summed E-state index contributed by atoms with van der Waals surface area (Å²) in [5, 5.41) is 29.7. The molecule has 4 aliphatic rings. The normalized spacial score (nSPS) is 20.3. The molecule has 0 spiro atoms. The molecule has 1 aliphatic carbocycles. The van der Waals surface area contributed by atoms with E-state index in [0.29, 0.717) is 72.8 Å². The van der Waals surface area contributed by atoms with Gasteiger partial charge in [-0.15, -0.1) is 10.2 Å². The van der Waals surface area contributed by atoms with Gasteiger partial charge in [-0.25, -0.2) is 14.2 Å². The van der Waals surface area contributed by atoms with Gasteiger partial charge in [-0.2, -0.15) is 0 Å². The molecule has 67 heavy (non-hydrogen) atoms. The Kier molecular flexibility index (Phi) is 14.5. The van der Waals surface area contributed by atoms with Crippen molar-refractivity contribution in [3.63, 3.8) is 0 Å². The lowest BCUT2D eigenvalue weighted by Gasteiger charge is -2.43. The number of carbonyl (C=O) groups is 4. The van der Waals surface area contributed by atoms with Crippen LogP contribution in [-0.4, -0.2) is 126 Å². The number of primary amides is 1. The molecule has 356 valence electrons. The first-order chi connectivity index (χ1) is 32.4. The van der Waals surface area contributed by atoms with Crippen molar-refractivity contribution in [1.82, 2.24) is 36.0 Å². The average molecular weight is 923 g/mol. The van der Waals surface area contributed by atoms with Gasteiger partial charge < -0.3 is 57.1 Å². The Morgan fingerprint density at radius 1 is 1.01 bits per heavy atom. The molecule has 2 unspecified atom stereocenters. The van der Waals surface area contributed by atoms with Gasteiger partial charge in [-0.3, -0.25) is 19.3 Å². The molecule has 4 fully saturated rings. The van der Waals surface area contributed by atoms with Crippen molar-refractivity contribution in [3.05, 3.63) is 78.2 Å². The number of pyridine rings is 1. The number of urea groups is 1. The fraction of sp³-hybridized carbons (Fsp3) is 0.468. The van der Waals surface area contributed by atoms with Gasteiger partial charge in [0.25, 0.3) is 0 Å². The SMILES string of the molecule is C[C@@H]1CNCCN1CCOc1cc(N2C3CCC2CN(c2cc(-c4cc(F)ccc4OCc4ccc(NC(=O)[C@H](CCCNC(N)=O)NC(=O)C5(C(=O)O)CCC5)cc4)nnc2N)C3)ccn1. The molecule has 0 radical (unpaired) electrons. The van der Waals surface area contributed by atoms with Crippen LogP contribution in [0, 0.1) is 11.2 Å². The number of carboxylic acids is 1. The number of halogens is 1. The molecule has 2 aromatic heterocycles. The zero-order chi connectivity index (χ0) is 47.1. The molecule has 19 nitrogen and oxygen atoms in total. The van der Waals surface area contributed by atoms with E-state index in [1.165, 1.54) is 12.1 Å². The lowest BCUT2D eigenvalue weighted by molar-refractivity contribution is -0.162. The maximum atomic E-state index is 14.9. The van der Waals surface area contributed by atoms with Crippen LogP contribution in [0.3, 0.4) is 0 Å². The highest BCUT2D eigenvalue weighted by atomic mass is 19.1. The van der Waals surface area contributed by atoms with E-state index in [1.54, 1.807) is 30.3 Å². The molecule has 5 heterocycles. The van der Waals surface area contributed by atoms with E-state index in [4.69, 9.17) is 20.9 Å². The largest absolute Gasteiger partial charge is 0.488 e. The third kappa shape index (κ3) is 10.9. The van der Waals surface area contributed by atoms with Crippen LogP contribution in [0.2, 0.25) is 0 Å². The Labute approximate surface area is 388 Å². The van der Waals surface area contributed by atoms with Crippen LogP contribution in [0.4, 0.5) is 32.1 Å². The summed E-state index contributed by atoms with van der Waals surface area (Å²) in [6, 6.07) is 16.1. The highest BCUT2D eigenvalue weighted by Crippen LogP contribution is 2.42. The second kappa shape index (κ2) is 20.8. The van der Waals surface area contributed by atoms with Crippen molar-refractivity contribution >= 4 is 46.7 Å².